The molecule has 0 spiro atoms. The van der Waals surface area contributed by atoms with E-state index < -0.39 is 0 Å². The van der Waals surface area contributed by atoms with Crippen molar-refractivity contribution in [2.24, 2.45) is 0 Å². The van der Waals surface area contributed by atoms with Gasteiger partial charge in [-0.25, -0.2) is 0 Å². The molecule has 2 rings (SSSR count). The van der Waals surface area contributed by atoms with E-state index in [1.165, 1.54) is 0 Å². The van der Waals surface area contributed by atoms with Gasteiger partial charge >= 0.3 is 0 Å². The van der Waals surface area contributed by atoms with Gasteiger partial charge in [0.05, 0.1) is 22.8 Å². The Kier molecular flexibility index (Phi) is 3.08. The maximum atomic E-state index is 8.82. The molecule has 3 nitrogen and oxygen atoms in total. The lowest BCUT2D eigenvalue weighted by Crippen LogP contribution is -2.57. The Morgan fingerprint density at radius 2 is 1.56 bits per heavy atom. The molecule has 0 bridgehead atoms. The zero-order valence-electron chi connectivity index (χ0n) is 11.5. The van der Waals surface area contributed by atoms with E-state index in [9.17, 15) is 0 Å². The molecular weight excluding hydrogens is 224 g/mol. The number of benzene rings is 1. The second kappa shape index (κ2) is 4.29. The van der Waals surface area contributed by atoms with Gasteiger partial charge in [-0.05, 0) is 52.0 Å². The number of anilines is 1. The first-order chi connectivity index (χ1) is 8.31. The van der Waals surface area contributed by atoms with Gasteiger partial charge in [0.1, 0.15) is 0 Å². The molecule has 0 radical (unpaired) electrons. The van der Waals surface area contributed by atoms with Crippen molar-refractivity contribution in [3.8, 4) is 6.07 Å². The Labute approximate surface area is 109 Å². The Bertz CT molecular complexity index is 452. The largest absolute Gasteiger partial charge is 0.366 e. The van der Waals surface area contributed by atoms with E-state index in [0.29, 0.717) is 5.56 Å². The van der Waals surface area contributed by atoms with Gasteiger partial charge in [-0.15, -0.1) is 0 Å². The predicted octanol–water partition coefficient (Wildman–Crippen LogP) is 2.95. The summed E-state index contributed by atoms with van der Waals surface area (Å²) >= 11 is 0. The first kappa shape index (κ1) is 12.9. The third-order valence-corrected chi connectivity index (χ3v) is 3.06. The monoisotopic (exact) mass is 244 g/mol. The third-order valence-electron chi connectivity index (χ3n) is 3.06. The Morgan fingerprint density at radius 1 is 1.06 bits per heavy atom. The van der Waals surface area contributed by atoms with Gasteiger partial charge < -0.3 is 9.64 Å². The number of hydrogen-bond donors (Lipinski definition) is 0. The molecule has 1 saturated heterocycles. The fourth-order valence-electron chi connectivity index (χ4n) is 2.72. The van der Waals surface area contributed by atoms with E-state index in [1.54, 1.807) is 0 Å². The smallest absolute Gasteiger partial charge is 0.0991 e. The van der Waals surface area contributed by atoms with Gasteiger partial charge in [-0.1, -0.05) is 0 Å². The highest BCUT2D eigenvalue weighted by Crippen LogP contribution is 2.31. The fraction of sp³-hybridized carbons (Fsp3) is 0.533. The molecule has 96 valence electrons. The number of nitrogens with zero attached hydrogens (tertiary/aromatic N) is 2. The number of ether oxygens (including phenoxy) is 1. The van der Waals surface area contributed by atoms with Crippen LogP contribution in [0.5, 0.6) is 0 Å². The van der Waals surface area contributed by atoms with Crippen molar-refractivity contribution in [1.82, 2.24) is 0 Å². The summed E-state index contributed by atoms with van der Waals surface area (Å²) in [5, 5.41) is 8.82. The number of morpholine rings is 1. The summed E-state index contributed by atoms with van der Waals surface area (Å²) in [6.07, 6.45) is 0. The van der Waals surface area contributed by atoms with Gasteiger partial charge in [0.2, 0.25) is 0 Å². The predicted molar refractivity (Wildman–Crippen MR) is 72.6 cm³/mol. The van der Waals surface area contributed by atoms with Crippen LogP contribution in [0.1, 0.15) is 33.3 Å². The van der Waals surface area contributed by atoms with E-state index in [0.717, 1.165) is 18.8 Å². The minimum Gasteiger partial charge on any atom is -0.366 e. The summed E-state index contributed by atoms with van der Waals surface area (Å²) in [5.41, 5.74) is 1.54. The van der Waals surface area contributed by atoms with Crippen LogP contribution in [0.15, 0.2) is 24.3 Å². The fourth-order valence-corrected chi connectivity index (χ4v) is 2.72. The summed E-state index contributed by atoms with van der Waals surface area (Å²) in [4.78, 5) is 2.32. The lowest BCUT2D eigenvalue weighted by atomic mass is 9.98. The standard InChI is InChI=1S/C15H20N2O/c1-14(2)10-17(11-15(3,4)18-14)13-7-5-12(9-16)6-8-13/h5-8H,10-11H2,1-4H3. The number of rotatable bonds is 1. The summed E-state index contributed by atoms with van der Waals surface area (Å²) in [6, 6.07) is 9.90. The Morgan fingerprint density at radius 3 is 2.00 bits per heavy atom. The molecule has 1 fully saturated rings. The molecule has 1 aromatic rings. The normalized spacial score (nSPS) is 21.4. The zero-order valence-corrected chi connectivity index (χ0v) is 11.5. The molecule has 18 heavy (non-hydrogen) atoms. The highest BCUT2D eigenvalue weighted by molar-refractivity contribution is 5.50. The topological polar surface area (TPSA) is 36.3 Å². The minimum atomic E-state index is -0.157. The molecule has 0 aromatic heterocycles. The van der Waals surface area contributed by atoms with Crippen molar-refractivity contribution in [2.75, 3.05) is 18.0 Å². The van der Waals surface area contributed by atoms with Crippen LogP contribution >= 0.6 is 0 Å². The summed E-state index contributed by atoms with van der Waals surface area (Å²) in [7, 11) is 0. The van der Waals surface area contributed by atoms with Crippen LogP contribution < -0.4 is 4.90 Å². The lowest BCUT2D eigenvalue weighted by molar-refractivity contribution is -0.133. The van der Waals surface area contributed by atoms with E-state index >= 15 is 0 Å². The molecular formula is C15H20N2O. The third kappa shape index (κ3) is 2.83. The summed E-state index contributed by atoms with van der Waals surface area (Å²) < 4.78 is 6.06. The molecule has 1 aromatic carbocycles. The molecule has 0 saturated carbocycles. The molecule has 1 aliphatic heterocycles. The van der Waals surface area contributed by atoms with Gasteiger partial charge in [0.15, 0.2) is 0 Å². The molecule has 0 atom stereocenters. The maximum absolute atomic E-state index is 8.82. The molecule has 1 heterocycles. The van der Waals surface area contributed by atoms with Crippen molar-refractivity contribution < 1.29 is 4.74 Å². The van der Waals surface area contributed by atoms with Crippen LogP contribution in [0.25, 0.3) is 0 Å². The van der Waals surface area contributed by atoms with Crippen LogP contribution in [-0.4, -0.2) is 24.3 Å². The molecule has 0 unspecified atom stereocenters. The first-order valence-corrected chi connectivity index (χ1v) is 6.27. The van der Waals surface area contributed by atoms with Gasteiger partial charge in [-0.2, -0.15) is 5.26 Å². The first-order valence-electron chi connectivity index (χ1n) is 6.27. The number of nitriles is 1. The van der Waals surface area contributed by atoms with Crippen molar-refractivity contribution in [1.29, 1.82) is 5.26 Å². The van der Waals surface area contributed by atoms with Crippen LogP contribution in [0.2, 0.25) is 0 Å². The van der Waals surface area contributed by atoms with Gasteiger partial charge in [0.25, 0.3) is 0 Å². The molecule has 0 amide bonds. The summed E-state index contributed by atoms with van der Waals surface area (Å²) in [6.45, 7) is 10.2. The Hall–Kier alpha value is -1.53. The van der Waals surface area contributed by atoms with Crippen molar-refractivity contribution in [3.63, 3.8) is 0 Å². The number of hydrogen-bond acceptors (Lipinski definition) is 3. The van der Waals surface area contributed by atoms with Crippen LogP contribution in [0.4, 0.5) is 5.69 Å². The van der Waals surface area contributed by atoms with E-state index in [4.69, 9.17) is 10.00 Å². The minimum absolute atomic E-state index is 0.157. The van der Waals surface area contributed by atoms with E-state index in [1.807, 2.05) is 24.3 Å². The Balaban J connectivity index is 2.24. The second-order valence-corrected chi connectivity index (χ2v) is 6.14. The van der Waals surface area contributed by atoms with Crippen molar-refractivity contribution >= 4 is 5.69 Å². The van der Waals surface area contributed by atoms with Crippen LogP contribution in [0, 0.1) is 11.3 Å². The average molecular weight is 244 g/mol. The molecule has 1 aliphatic rings. The van der Waals surface area contributed by atoms with Crippen LogP contribution in [-0.2, 0) is 4.74 Å². The SMILES string of the molecule is CC1(C)CN(c2ccc(C#N)cc2)CC(C)(C)O1. The maximum Gasteiger partial charge on any atom is 0.0991 e. The van der Waals surface area contributed by atoms with Crippen LogP contribution in [0.3, 0.4) is 0 Å². The lowest BCUT2D eigenvalue weighted by Gasteiger charge is -2.48. The average Bonchev–Trinajstić information content (AvgIpc) is 2.25. The van der Waals surface area contributed by atoms with Gasteiger partial charge in [-0.3, -0.25) is 0 Å². The van der Waals surface area contributed by atoms with Gasteiger partial charge in [0, 0.05) is 18.8 Å². The quantitative estimate of drug-likeness (QED) is 0.762. The highest BCUT2D eigenvalue weighted by Gasteiger charge is 2.38. The van der Waals surface area contributed by atoms with E-state index in [2.05, 4.69) is 38.7 Å². The van der Waals surface area contributed by atoms with E-state index in [-0.39, 0.29) is 11.2 Å². The zero-order chi connectivity index (χ0) is 13.4. The van der Waals surface area contributed by atoms with Crippen molar-refractivity contribution in [3.05, 3.63) is 29.8 Å². The summed E-state index contributed by atoms with van der Waals surface area (Å²) in [5.74, 6) is 0. The van der Waals surface area contributed by atoms with Crippen molar-refractivity contribution in [2.45, 2.75) is 38.9 Å². The second-order valence-electron chi connectivity index (χ2n) is 6.14. The molecule has 0 N–H and O–H groups in total. The molecule has 3 heteroatoms. The highest BCUT2D eigenvalue weighted by atomic mass is 16.5. The molecule has 0 aliphatic carbocycles.